The lowest BCUT2D eigenvalue weighted by atomic mass is 10.3. The van der Waals surface area contributed by atoms with Crippen LogP contribution in [0.4, 0.5) is 10.7 Å². The third kappa shape index (κ3) is 3.30. The number of carbonyl (C=O) groups is 1. The highest BCUT2D eigenvalue weighted by molar-refractivity contribution is 7.19. The molecule has 0 bridgehead atoms. The molecule has 1 aromatic heterocycles. The summed E-state index contributed by atoms with van der Waals surface area (Å²) in [6, 6.07) is 0. The lowest BCUT2D eigenvalue weighted by Gasteiger charge is -2.21. The third-order valence-corrected chi connectivity index (χ3v) is 3.92. The zero-order valence-corrected chi connectivity index (χ0v) is 12.5. The van der Waals surface area contributed by atoms with Crippen LogP contribution in [0.5, 0.6) is 5.75 Å². The molecule has 0 amide bonds. The van der Waals surface area contributed by atoms with Crippen LogP contribution in [0.3, 0.4) is 0 Å². The maximum absolute atomic E-state index is 11.7. The largest absolute Gasteiger partial charge is 0.492 e. The van der Waals surface area contributed by atoms with Crippen molar-refractivity contribution in [3.63, 3.8) is 0 Å². The van der Waals surface area contributed by atoms with Gasteiger partial charge in [0.15, 0.2) is 5.75 Å². The molecule has 0 aromatic carbocycles. The zero-order valence-electron chi connectivity index (χ0n) is 11.7. The van der Waals surface area contributed by atoms with Gasteiger partial charge in [-0.15, -0.1) is 11.3 Å². The van der Waals surface area contributed by atoms with Gasteiger partial charge in [-0.25, -0.2) is 4.79 Å². The van der Waals surface area contributed by atoms with Crippen molar-refractivity contribution in [2.75, 3.05) is 51.7 Å². The third-order valence-electron chi connectivity index (χ3n) is 2.69. The first-order valence-electron chi connectivity index (χ1n) is 5.89. The van der Waals surface area contributed by atoms with E-state index in [4.69, 9.17) is 19.9 Å². The molecule has 0 saturated carbocycles. The number of anilines is 2. The van der Waals surface area contributed by atoms with Gasteiger partial charge in [0.25, 0.3) is 0 Å². The van der Waals surface area contributed by atoms with E-state index < -0.39 is 5.97 Å². The number of ether oxygens (including phenoxy) is 3. The number of methoxy groups -OCH3 is 3. The Morgan fingerprint density at radius 2 is 2.05 bits per heavy atom. The summed E-state index contributed by atoms with van der Waals surface area (Å²) in [6.45, 7) is 4.06. The van der Waals surface area contributed by atoms with Gasteiger partial charge in [0.05, 0.1) is 20.8 Å². The van der Waals surface area contributed by atoms with E-state index in [0.717, 1.165) is 11.5 Å². The van der Waals surface area contributed by atoms with Crippen LogP contribution in [0.25, 0.3) is 0 Å². The van der Waals surface area contributed by atoms with Crippen LogP contribution < -0.4 is 15.4 Å². The van der Waals surface area contributed by atoms with E-state index >= 15 is 0 Å². The zero-order chi connectivity index (χ0) is 14.4. The SMILES string of the molecule is CCN(CCOC)c1sc(C(=O)OC)c(N)c1OC. The van der Waals surface area contributed by atoms with Gasteiger partial charge in [0.1, 0.15) is 15.6 Å². The van der Waals surface area contributed by atoms with Crippen molar-refractivity contribution in [1.29, 1.82) is 0 Å². The molecule has 0 aliphatic carbocycles. The molecule has 0 fully saturated rings. The Kier molecular flexibility index (Phi) is 5.91. The number of thiophene rings is 1. The van der Waals surface area contributed by atoms with Gasteiger partial charge in [0, 0.05) is 20.2 Å². The first-order valence-corrected chi connectivity index (χ1v) is 6.70. The summed E-state index contributed by atoms with van der Waals surface area (Å²) in [6.07, 6.45) is 0. The Balaban J connectivity index is 3.14. The van der Waals surface area contributed by atoms with E-state index in [0.29, 0.717) is 29.5 Å². The molecule has 19 heavy (non-hydrogen) atoms. The summed E-state index contributed by atoms with van der Waals surface area (Å²) in [5.41, 5.74) is 6.26. The predicted molar refractivity (Wildman–Crippen MR) is 76.4 cm³/mol. The fraction of sp³-hybridized carbons (Fsp3) is 0.583. The summed E-state index contributed by atoms with van der Waals surface area (Å²) in [7, 11) is 4.51. The van der Waals surface area contributed by atoms with Gasteiger partial charge in [-0.1, -0.05) is 0 Å². The molecule has 0 unspecified atom stereocenters. The number of nitrogen functional groups attached to an aromatic ring is 1. The van der Waals surface area contributed by atoms with Gasteiger partial charge in [-0.3, -0.25) is 0 Å². The number of hydrogen-bond acceptors (Lipinski definition) is 7. The Morgan fingerprint density at radius 1 is 1.37 bits per heavy atom. The van der Waals surface area contributed by atoms with Gasteiger partial charge >= 0.3 is 5.97 Å². The minimum Gasteiger partial charge on any atom is -0.492 e. The van der Waals surface area contributed by atoms with Gasteiger partial charge in [-0.05, 0) is 6.92 Å². The molecule has 7 heteroatoms. The van der Waals surface area contributed by atoms with E-state index in [9.17, 15) is 4.79 Å². The second-order valence-electron chi connectivity index (χ2n) is 3.75. The first kappa shape index (κ1) is 15.6. The molecular weight excluding hydrogens is 268 g/mol. The quantitative estimate of drug-likeness (QED) is 0.768. The average Bonchev–Trinajstić information content (AvgIpc) is 2.76. The lowest BCUT2D eigenvalue weighted by Crippen LogP contribution is -2.26. The molecule has 0 atom stereocenters. The molecule has 0 radical (unpaired) electrons. The summed E-state index contributed by atoms with van der Waals surface area (Å²) in [4.78, 5) is 14.1. The highest BCUT2D eigenvalue weighted by Crippen LogP contribution is 2.44. The lowest BCUT2D eigenvalue weighted by molar-refractivity contribution is 0.0607. The molecule has 0 aliphatic heterocycles. The number of nitrogens with zero attached hydrogens (tertiary/aromatic N) is 1. The van der Waals surface area contributed by atoms with Crippen LogP contribution >= 0.6 is 11.3 Å². The number of hydrogen-bond donors (Lipinski definition) is 1. The fourth-order valence-electron chi connectivity index (χ4n) is 1.67. The second-order valence-corrected chi connectivity index (χ2v) is 4.75. The summed E-state index contributed by atoms with van der Waals surface area (Å²) in [5, 5.41) is 0.819. The van der Waals surface area contributed by atoms with E-state index in [-0.39, 0.29) is 0 Å². The van der Waals surface area contributed by atoms with Crippen LogP contribution in [0, 0.1) is 0 Å². The van der Waals surface area contributed by atoms with Crippen LogP contribution in [-0.4, -0.2) is 47.0 Å². The smallest absolute Gasteiger partial charge is 0.350 e. The number of nitrogens with two attached hydrogens (primary N) is 1. The number of rotatable bonds is 7. The van der Waals surface area contributed by atoms with Crippen LogP contribution in [0.1, 0.15) is 16.6 Å². The molecule has 6 nitrogen and oxygen atoms in total. The van der Waals surface area contributed by atoms with E-state index in [2.05, 4.69) is 4.90 Å². The van der Waals surface area contributed by atoms with Gasteiger partial charge < -0.3 is 24.8 Å². The van der Waals surface area contributed by atoms with E-state index in [1.807, 2.05) is 6.92 Å². The van der Waals surface area contributed by atoms with E-state index in [1.165, 1.54) is 25.6 Å². The van der Waals surface area contributed by atoms with Crippen LogP contribution in [0.2, 0.25) is 0 Å². The van der Waals surface area contributed by atoms with E-state index in [1.54, 1.807) is 7.11 Å². The normalized spacial score (nSPS) is 10.3. The minimum atomic E-state index is -0.449. The Labute approximate surface area is 117 Å². The highest BCUT2D eigenvalue weighted by Gasteiger charge is 2.25. The summed E-state index contributed by atoms with van der Waals surface area (Å²) >= 11 is 1.27. The molecule has 1 aromatic rings. The number of esters is 1. The topological polar surface area (TPSA) is 74.0 Å². The molecule has 108 valence electrons. The first-order chi connectivity index (χ1) is 9.10. The standard InChI is InChI=1S/C12H20N2O4S/c1-5-14(6-7-16-2)11-9(17-3)8(13)10(19-11)12(15)18-4/h5-7,13H2,1-4H3. The second kappa shape index (κ2) is 7.20. The van der Waals surface area contributed by atoms with Gasteiger partial charge in [-0.2, -0.15) is 0 Å². The van der Waals surface area contributed by atoms with Crippen LogP contribution in [-0.2, 0) is 9.47 Å². The Bertz CT molecular complexity index is 434. The van der Waals surface area contributed by atoms with Crippen molar-refractivity contribution in [2.24, 2.45) is 0 Å². The molecule has 0 aliphatic rings. The summed E-state index contributed by atoms with van der Waals surface area (Å²) in [5.74, 6) is 0.0678. The average molecular weight is 288 g/mol. The van der Waals surface area contributed by atoms with Gasteiger partial charge in [0.2, 0.25) is 0 Å². The molecule has 2 N–H and O–H groups in total. The predicted octanol–water partition coefficient (Wildman–Crippen LogP) is 1.60. The van der Waals surface area contributed by atoms with Crippen molar-refractivity contribution in [1.82, 2.24) is 0 Å². The van der Waals surface area contributed by atoms with Crippen molar-refractivity contribution >= 4 is 28.0 Å². The number of carbonyl (C=O) groups excluding carboxylic acids is 1. The fourth-order valence-corrected chi connectivity index (χ4v) is 2.87. The van der Waals surface area contributed by atoms with Crippen LogP contribution in [0.15, 0.2) is 0 Å². The minimum absolute atomic E-state index is 0.324. The molecular formula is C12H20N2O4S. The monoisotopic (exact) mass is 288 g/mol. The molecule has 0 spiro atoms. The Morgan fingerprint density at radius 3 is 2.53 bits per heavy atom. The van der Waals surface area contributed by atoms with Crippen molar-refractivity contribution < 1.29 is 19.0 Å². The van der Waals surface area contributed by atoms with Crippen molar-refractivity contribution in [3.05, 3.63) is 4.88 Å². The summed E-state index contributed by atoms with van der Waals surface area (Å²) < 4.78 is 15.1. The molecule has 1 rings (SSSR count). The Hall–Kier alpha value is -1.47. The highest BCUT2D eigenvalue weighted by atomic mass is 32.1. The maximum Gasteiger partial charge on any atom is 0.350 e. The molecule has 1 heterocycles. The van der Waals surface area contributed by atoms with Crippen molar-refractivity contribution in [3.8, 4) is 5.75 Å². The maximum atomic E-state index is 11.7. The molecule has 0 saturated heterocycles. The van der Waals surface area contributed by atoms with Crippen molar-refractivity contribution in [2.45, 2.75) is 6.92 Å². The number of likely N-dealkylation sites (N-methyl/N-ethyl adjacent to an activating group) is 1.